The number of hydrogen-bond donors (Lipinski definition) is 0. The third kappa shape index (κ3) is 8.02. The molecule has 0 fully saturated rings. The van der Waals surface area contributed by atoms with E-state index in [2.05, 4.69) is 128 Å². The van der Waals surface area contributed by atoms with Crippen molar-refractivity contribution in [3.8, 4) is 0 Å². The van der Waals surface area contributed by atoms with Crippen LogP contribution in [0.15, 0.2) is 109 Å². The summed E-state index contributed by atoms with van der Waals surface area (Å²) in [4.78, 5) is 0. The summed E-state index contributed by atoms with van der Waals surface area (Å²) in [6.07, 6.45) is 16.9. The van der Waals surface area contributed by atoms with Gasteiger partial charge < -0.3 is 14.9 Å². The zero-order valence-corrected chi connectivity index (χ0v) is 25.7. The van der Waals surface area contributed by atoms with Crippen LogP contribution in [0.4, 0.5) is 0 Å². The molecule has 6 rings (SSSR count). The van der Waals surface area contributed by atoms with Gasteiger partial charge in [-0.2, -0.15) is 23.3 Å². The topological polar surface area (TPSA) is 0 Å². The predicted molar refractivity (Wildman–Crippen MR) is 162 cm³/mol. The molecule has 0 saturated heterocycles. The zero-order chi connectivity index (χ0) is 22.2. The monoisotopic (exact) mass is 602 g/mol. The van der Waals surface area contributed by atoms with Crippen molar-refractivity contribution in [2.75, 3.05) is 0 Å². The molecule has 0 saturated carbocycles. The number of halogens is 2. The van der Waals surface area contributed by atoms with E-state index < -0.39 is 0 Å². The van der Waals surface area contributed by atoms with Crippen LogP contribution in [0, 0.1) is 27.0 Å². The summed E-state index contributed by atoms with van der Waals surface area (Å²) < 4.78 is 0. The van der Waals surface area contributed by atoms with Gasteiger partial charge in [-0.1, -0.05) is 96.1 Å². The SMILES string of the molecule is Cl.Cl.[C-]1=CC(c2cccc3ccccc23)=CC1.[C-]1=CC(c2cccc3ccccc23)=CC1.[CH3-].[CH3-].[Si]=[Zr]. The quantitative estimate of drug-likeness (QED) is 0.158. The molecule has 0 aromatic heterocycles. The Hall–Kier alpha value is -1.96. The van der Waals surface area contributed by atoms with Crippen LogP contribution in [0.3, 0.4) is 0 Å². The Balaban J connectivity index is 0.000000577. The van der Waals surface area contributed by atoms with Crippen LogP contribution in [0.2, 0.25) is 0 Å². The summed E-state index contributed by atoms with van der Waals surface area (Å²) in [5, 5.41) is 5.25. The fraction of sp³-hybridized carbons (Fsp3) is 0.0625. The van der Waals surface area contributed by atoms with Gasteiger partial charge in [0.25, 0.3) is 0 Å². The minimum absolute atomic E-state index is 0. The van der Waals surface area contributed by atoms with E-state index in [1.807, 2.05) is 0 Å². The van der Waals surface area contributed by atoms with Crippen LogP contribution in [0.25, 0.3) is 32.7 Å². The predicted octanol–water partition coefficient (Wildman–Crippen LogP) is 9.33. The number of hydrogen-bond acceptors (Lipinski definition) is 0. The van der Waals surface area contributed by atoms with Crippen molar-refractivity contribution in [3.05, 3.63) is 147 Å². The van der Waals surface area contributed by atoms with E-state index >= 15 is 0 Å². The van der Waals surface area contributed by atoms with Gasteiger partial charge in [0.2, 0.25) is 0 Å². The van der Waals surface area contributed by atoms with E-state index in [1.165, 1.54) is 67.2 Å². The maximum atomic E-state index is 3.22. The molecule has 4 aromatic carbocycles. The first-order valence-corrected chi connectivity index (χ1v) is 14.8. The second kappa shape index (κ2) is 17.5. The zero-order valence-electron chi connectivity index (χ0n) is 20.6. The third-order valence-electron chi connectivity index (χ3n) is 5.60. The first kappa shape index (κ1) is 34.0. The van der Waals surface area contributed by atoms with Gasteiger partial charge in [0, 0.05) is 0 Å². The average Bonchev–Trinajstić information content (AvgIpc) is 3.60. The molecular formula is C32H30Cl2SiZr-4. The summed E-state index contributed by atoms with van der Waals surface area (Å²) in [6, 6.07) is 29.9. The Labute approximate surface area is 246 Å². The summed E-state index contributed by atoms with van der Waals surface area (Å²) in [5.41, 5.74) is 5.23. The molecule has 0 amide bonds. The molecule has 2 aliphatic rings. The fourth-order valence-corrected chi connectivity index (χ4v) is 4.12. The molecule has 0 spiro atoms. The van der Waals surface area contributed by atoms with Crippen LogP contribution >= 0.6 is 24.8 Å². The van der Waals surface area contributed by atoms with E-state index in [0.29, 0.717) is 0 Å². The number of rotatable bonds is 2. The molecular weight excluding hydrogens is 575 g/mol. The summed E-state index contributed by atoms with van der Waals surface area (Å²) in [7, 11) is 0. The van der Waals surface area contributed by atoms with Gasteiger partial charge in [0.15, 0.2) is 0 Å². The van der Waals surface area contributed by atoms with Crippen LogP contribution < -0.4 is 0 Å². The Morgan fingerprint density at radius 1 is 0.528 bits per heavy atom. The van der Waals surface area contributed by atoms with Gasteiger partial charge >= 0.3 is 30.2 Å². The Morgan fingerprint density at radius 3 is 1.25 bits per heavy atom. The van der Waals surface area contributed by atoms with E-state index in [9.17, 15) is 0 Å². The number of fused-ring (bicyclic) bond motifs is 2. The number of allylic oxidation sites excluding steroid dienone is 8. The van der Waals surface area contributed by atoms with Gasteiger partial charge in [0.1, 0.15) is 0 Å². The van der Waals surface area contributed by atoms with Crippen molar-refractivity contribution in [2.45, 2.75) is 12.8 Å². The molecule has 0 atom stereocenters. The third-order valence-corrected chi connectivity index (χ3v) is 5.60. The van der Waals surface area contributed by atoms with E-state index in [0.717, 1.165) is 12.8 Å². The van der Waals surface area contributed by atoms with Gasteiger partial charge in [-0.15, -0.1) is 37.7 Å². The molecule has 4 heteroatoms. The second-order valence-corrected chi connectivity index (χ2v) is 7.48. The van der Waals surface area contributed by atoms with E-state index in [4.69, 9.17) is 0 Å². The molecule has 0 N–H and O–H groups in total. The van der Waals surface area contributed by atoms with Crippen molar-refractivity contribution in [3.63, 3.8) is 0 Å². The molecule has 184 valence electrons. The van der Waals surface area contributed by atoms with Crippen molar-refractivity contribution in [1.29, 1.82) is 0 Å². The minimum atomic E-state index is 0. The van der Waals surface area contributed by atoms with Gasteiger partial charge in [-0.25, -0.2) is 12.2 Å². The summed E-state index contributed by atoms with van der Waals surface area (Å²) in [6.45, 7) is 3.06. The van der Waals surface area contributed by atoms with Crippen molar-refractivity contribution in [1.82, 2.24) is 0 Å². The molecule has 0 bridgehead atoms. The second-order valence-electron chi connectivity index (χ2n) is 7.48. The van der Waals surface area contributed by atoms with Gasteiger partial charge in [-0.05, 0) is 21.5 Å². The summed E-state index contributed by atoms with van der Waals surface area (Å²) >= 11 is 1.36. The van der Waals surface area contributed by atoms with Crippen LogP contribution in [-0.2, 0) is 23.3 Å². The first-order valence-electron chi connectivity index (χ1n) is 10.6. The molecule has 0 nitrogen and oxygen atoms in total. The maximum absolute atomic E-state index is 3.22. The fourth-order valence-electron chi connectivity index (χ4n) is 4.12. The van der Waals surface area contributed by atoms with E-state index in [-0.39, 0.29) is 39.7 Å². The standard InChI is InChI=1S/2C15H11.2CH3.2ClH.Si.Zr/c2*1-2-7-12(6-1)15-11-5-9-13-8-3-4-10-14(13)15;;;;;;/h2*3-11H,1H2;2*1H3;2*1H;;/q4*-1;;;;. The molecule has 2 radical (unpaired) electrons. The Bertz CT molecular complexity index is 1250. The first-order chi connectivity index (χ1) is 15.9. The van der Waals surface area contributed by atoms with Gasteiger partial charge in [0.05, 0.1) is 0 Å². The van der Waals surface area contributed by atoms with Crippen LogP contribution in [-0.4, -0.2) is 6.88 Å². The van der Waals surface area contributed by atoms with Crippen molar-refractivity contribution < 1.29 is 23.3 Å². The molecule has 0 aliphatic heterocycles. The number of benzene rings is 4. The molecule has 36 heavy (non-hydrogen) atoms. The Morgan fingerprint density at radius 2 is 0.889 bits per heavy atom. The van der Waals surface area contributed by atoms with Crippen molar-refractivity contribution >= 4 is 64.4 Å². The molecule has 2 aliphatic carbocycles. The van der Waals surface area contributed by atoms with Crippen LogP contribution in [0.5, 0.6) is 0 Å². The molecule has 0 heterocycles. The molecule has 0 unspecified atom stereocenters. The average molecular weight is 605 g/mol. The Kier molecular flexibility index (Phi) is 16.5. The normalized spacial score (nSPS) is 12.2. The molecule has 4 aromatic rings. The van der Waals surface area contributed by atoms with E-state index in [1.54, 1.807) is 0 Å². The van der Waals surface area contributed by atoms with Crippen molar-refractivity contribution in [2.24, 2.45) is 0 Å². The van der Waals surface area contributed by atoms with Crippen LogP contribution in [0.1, 0.15) is 24.0 Å². The summed E-state index contributed by atoms with van der Waals surface area (Å²) in [5.74, 6) is 0. The van der Waals surface area contributed by atoms with Gasteiger partial charge in [-0.3, -0.25) is 12.2 Å².